The van der Waals surface area contributed by atoms with Gasteiger partial charge in [0.05, 0.1) is 14.2 Å². The second kappa shape index (κ2) is 9.97. The summed E-state index contributed by atoms with van der Waals surface area (Å²) >= 11 is 1.74. The fraction of sp³-hybridized carbons (Fsp3) is 0.450. The summed E-state index contributed by atoms with van der Waals surface area (Å²) in [5.74, 6) is 1.37. The fourth-order valence-electron chi connectivity index (χ4n) is 3.28. The second-order valence-electron chi connectivity index (χ2n) is 6.63. The topological polar surface area (TPSA) is 42.0 Å². The smallest absolute Gasteiger partial charge is 0.254 e. The number of thiophene rings is 1. The van der Waals surface area contributed by atoms with Gasteiger partial charge in [-0.05, 0) is 66.5 Å². The largest absolute Gasteiger partial charge is 0.493 e. The van der Waals surface area contributed by atoms with Gasteiger partial charge in [-0.1, -0.05) is 0 Å². The number of carbonyl (C=O) groups excluding carboxylic acids is 1. The number of rotatable bonds is 9. The highest BCUT2D eigenvalue weighted by Crippen LogP contribution is 2.34. The van der Waals surface area contributed by atoms with Crippen molar-refractivity contribution >= 4 is 29.7 Å². The highest BCUT2D eigenvalue weighted by Gasteiger charge is 2.29. The Kier molecular flexibility index (Phi) is 7.95. The van der Waals surface area contributed by atoms with Gasteiger partial charge in [0.15, 0.2) is 11.5 Å². The summed E-state index contributed by atoms with van der Waals surface area (Å²) in [6.07, 6.45) is 2.04. The van der Waals surface area contributed by atoms with Crippen molar-refractivity contribution in [1.82, 2.24) is 9.80 Å². The van der Waals surface area contributed by atoms with Gasteiger partial charge in [0.25, 0.3) is 5.91 Å². The number of nitrogens with zero attached hydrogens (tertiary/aromatic N) is 2. The van der Waals surface area contributed by atoms with Gasteiger partial charge in [-0.2, -0.15) is 11.3 Å². The minimum atomic E-state index is 0. The van der Waals surface area contributed by atoms with Crippen LogP contribution in [0.5, 0.6) is 11.5 Å². The van der Waals surface area contributed by atoms with E-state index >= 15 is 0 Å². The van der Waals surface area contributed by atoms with E-state index in [1.807, 2.05) is 11.0 Å². The molecule has 0 spiro atoms. The lowest BCUT2D eigenvalue weighted by molar-refractivity contribution is 0.0772. The van der Waals surface area contributed by atoms with Crippen LogP contribution in [0.1, 0.15) is 27.9 Å². The van der Waals surface area contributed by atoms with E-state index in [1.54, 1.807) is 31.6 Å². The van der Waals surface area contributed by atoms with E-state index < -0.39 is 0 Å². The molecule has 2 heterocycles. The van der Waals surface area contributed by atoms with Crippen molar-refractivity contribution in [2.24, 2.45) is 0 Å². The molecular weight excluding hydrogens is 384 g/mol. The molecule has 148 valence electrons. The zero-order chi connectivity index (χ0) is 18.5. The van der Waals surface area contributed by atoms with Crippen LogP contribution in [0.25, 0.3) is 0 Å². The maximum Gasteiger partial charge on any atom is 0.254 e. The summed E-state index contributed by atoms with van der Waals surface area (Å²) in [4.78, 5) is 16.9. The molecule has 0 bridgehead atoms. The van der Waals surface area contributed by atoms with Crippen molar-refractivity contribution in [2.45, 2.75) is 19.4 Å². The average molecular weight is 411 g/mol. The lowest BCUT2D eigenvalue weighted by atomic mass is 10.1. The fourth-order valence-corrected chi connectivity index (χ4v) is 3.98. The second-order valence-corrected chi connectivity index (χ2v) is 7.41. The van der Waals surface area contributed by atoms with Crippen LogP contribution in [-0.2, 0) is 13.0 Å². The van der Waals surface area contributed by atoms with Crippen molar-refractivity contribution in [1.29, 1.82) is 0 Å². The Morgan fingerprint density at radius 2 is 1.93 bits per heavy atom. The molecule has 1 aromatic carbocycles. The molecule has 27 heavy (non-hydrogen) atoms. The first-order valence-electron chi connectivity index (χ1n) is 8.86. The normalized spacial score (nSPS) is 12.9. The molecule has 0 atom stereocenters. The number of likely N-dealkylation sites (N-methyl/N-ethyl adjacent to an activating group) is 1. The van der Waals surface area contributed by atoms with Crippen LogP contribution in [0.15, 0.2) is 29.0 Å². The van der Waals surface area contributed by atoms with Gasteiger partial charge < -0.3 is 19.3 Å². The zero-order valence-electron chi connectivity index (χ0n) is 16.1. The minimum absolute atomic E-state index is 0. The Hall–Kier alpha value is -1.76. The van der Waals surface area contributed by atoms with Crippen LogP contribution in [-0.4, -0.2) is 56.6 Å². The quantitative estimate of drug-likeness (QED) is 0.632. The van der Waals surface area contributed by atoms with Gasteiger partial charge >= 0.3 is 0 Å². The molecule has 0 unspecified atom stereocenters. The number of fused-ring (bicyclic) bond motifs is 1. The van der Waals surface area contributed by atoms with Gasteiger partial charge in [0, 0.05) is 25.2 Å². The van der Waals surface area contributed by atoms with E-state index in [4.69, 9.17) is 9.47 Å². The summed E-state index contributed by atoms with van der Waals surface area (Å²) in [6.45, 7) is 3.43. The van der Waals surface area contributed by atoms with Crippen molar-refractivity contribution in [2.75, 3.05) is 40.9 Å². The van der Waals surface area contributed by atoms with Crippen LogP contribution in [0.4, 0.5) is 0 Å². The number of methoxy groups -OCH3 is 2. The van der Waals surface area contributed by atoms with Crippen LogP contribution in [0.3, 0.4) is 0 Å². The molecule has 0 N–H and O–H groups in total. The maximum absolute atomic E-state index is 12.6. The van der Waals surface area contributed by atoms with Gasteiger partial charge in [0.1, 0.15) is 0 Å². The van der Waals surface area contributed by atoms with Crippen molar-refractivity contribution in [3.63, 3.8) is 0 Å². The van der Waals surface area contributed by atoms with Gasteiger partial charge in [-0.15, -0.1) is 12.4 Å². The number of hydrogen-bond acceptors (Lipinski definition) is 5. The van der Waals surface area contributed by atoms with E-state index in [1.165, 1.54) is 5.56 Å². The molecule has 0 saturated heterocycles. The molecule has 7 heteroatoms. The summed E-state index contributed by atoms with van der Waals surface area (Å²) in [5, 5.41) is 4.33. The molecule has 3 rings (SSSR count). The molecule has 1 amide bonds. The molecular formula is C20H27ClN2O3S. The SMILES string of the molecule is COc1cc2c(cc1OC)C(=O)N(CCCN(C)CCc1ccsc1)C2.Cl. The number of amides is 1. The van der Waals surface area contributed by atoms with Crippen molar-refractivity contribution < 1.29 is 14.3 Å². The van der Waals surface area contributed by atoms with E-state index in [9.17, 15) is 4.79 Å². The van der Waals surface area contributed by atoms with Crippen LogP contribution in [0.2, 0.25) is 0 Å². The third-order valence-corrected chi connectivity index (χ3v) is 5.55. The van der Waals surface area contributed by atoms with Crippen LogP contribution in [0, 0.1) is 0 Å². The number of halogens is 1. The summed E-state index contributed by atoms with van der Waals surface area (Å²) < 4.78 is 10.7. The average Bonchev–Trinajstić information content (AvgIpc) is 3.27. The Labute approximate surface area is 171 Å². The zero-order valence-corrected chi connectivity index (χ0v) is 17.7. The van der Waals surface area contributed by atoms with Crippen LogP contribution < -0.4 is 9.47 Å². The lowest BCUT2D eigenvalue weighted by Gasteiger charge is -2.19. The highest BCUT2D eigenvalue weighted by atomic mass is 35.5. The van der Waals surface area contributed by atoms with E-state index in [0.29, 0.717) is 18.0 Å². The molecule has 1 aliphatic rings. The maximum atomic E-state index is 12.6. The molecule has 0 saturated carbocycles. The first kappa shape index (κ1) is 21.5. The Morgan fingerprint density at radius 1 is 1.19 bits per heavy atom. The molecule has 5 nitrogen and oxygen atoms in total. The van der Waals surface area contributed by atoms with Crippen molar-refractivity contribution in [3.05, 3.63) is 45.6 Å². The lowest BCUT2D eigenvalue weighted by Crippen LogP contribution is -2.29. The van der Waals surface area contributed by atoms with Crippen LogP contribution >= 0.6 is 23.7 Å². The standard InChI is InChI=1S/C20H26N2O3S.ClH/c1-21(9-5-15-6-10-26-14-15)7-4-8-22-13-16-11-18(24-2)19(25-3)12-17(16)20(22)23;/h6,10-12,14H,4-5,7-9,13H2,1-3H3;1H. The van der Waals surface area contributed by atoms with E-state index in [-0.39, 0.29) is 18.3 Å². The first-order valence-corrected chi connectivity index (χ1v) is 9.80. The third-order valence-electron chi connectivity index (χ3n) is 4.82. The van der Waals surface area contributed by atoms with Gasteiger partial charge in [0.2, 0.25) is 0 Å². The van der Waals surface area contributed by atoms with Gasteiger partial charge in [-0.3, -0.25) is 4.79 Å². The third kappa shape index (κ3) is 5.15. The van der Waals surface area contributed by atoms with E-state index in [0.717, 1.165) is 43.6 Å². The molecule has 2 aromatic rings. The number of benzene rings is 1. The van der Waals surface area contributed by atoms with E-state index in [2.05, 4.69) is 28.8 Å². The van der Waals surface area contributed by atoms with Gasteiger partial charge in [-0.25, -0.2) is 0 Å². The first-order chi connectivity index (χ1) is 12.6. The molecule has 1 aliphatic heterocycles. The Balaban J connectivity index is 0.00000261. The molecule has 0 aliphatic carbocycles. The predicted molar refractivity (Wildman–Crippen MR) is 112 cm³/mol. The molecule has 0 radical (unpaired) electrons. The molecule has 1 aromatic heterocycles. The Morgan fingerprint density at radius 3 is 2.59 bits per heavy atom. The summed E-state index contributed by atoms with van der Waals surface area (Å²) in [6, 6.07) is 5.89. The summed E-state index contributed by atoms with van der Waals surface area (Å²) in [7, 11) is 5.35. The number of carbonyl (C=O) groups is 1. The predicted octanol–water partition coefficient (Wildman–Crippen LogP) is 3.71. The molecule has 0 fully saturated rings. The monoisotopic (exact) mass is 410 g/mol. The highest BCUT2D eigenvalue weighted by molar-refractivity contribution is 7.07. The van der Waals surface area contributed by atoms with Crippen molar-refractivity contribution in [3.8, 4) is 11.5 Å². The summed E-state index contributed by atoms with van der Waals surface area (Å²) in [5.41, 5.74) is 3.14. The number of ether oxygens (including phenoxy) is 2. The Bertz CT molecular complexity index is 752. The minimum Gasteiger partial charge on any atom is -0.493 e. The number of hydrogen-bond donors (Lipinski definition) is 0.